The van der Waals surface area contributed by atoms with Crippen LogP contribution in [0, 0.1) is 0 Å². The maximum absolute atomic E-state index is 8.81. The van der Waals surface area contributed by atoms with E-state index in [0.717, 1.165) is 6.29 Å². The third-order valence-corrected chi connectivity index (χ3v) is 0.270. The number of carbonyl (C=O) groups is 1. The van der Waals surface area contributed by atoms with Crippen LogP contribution in [0.2, 0.25) is 0 Å². The number of rotatable bonds is 0. The van der Waals surface area contributed by atoms with Gasteiger partial charge in [0.25, 0.3) is 0 Å². The number of H-pyrrole nitrogens is 1. The van der Waals surface area contributed by atoms with Crippen LogP contribution in [0.4, 0.5) is 0 Å². The zero-order valence-electron chi connectivity index (χ0n) is 4.40. The highest BCUT2D eigenvalue weighted by atomic mass is 16.1. The third kappa shape index (κ3) is 4.74. The molecule has 0 fully saturated rings. The van der Waals surface area contributed by atoms with Crippen LogP contribution in [0.15, 0.2) is 6.33 Å². The summed E-state index contributed by atoms with van der Waals surface area (Å²) in [4.78, 5) is 8.81. The lowest BCUT2D eigenvalue weighted by molar-refractivity contribution is -0.106. The quantitative estimate of drug-likeness (QED) is 0.457. The Balaban J connectivity index is 0.000000145. The molecule has 0 aliphatic rings. The van der Waals surface area contributed by atoms with Gasteiger partial charge in [-0.3, -0.25) is 0 Å². The third-order valence-electron chi connectivity index (χ3n) is 0.270. The van der Waals surface area contributed by atoms with Crippen LogP contribution >= 0.6 is 0 Å². The van der Waals surface area contributed by atoms with Gasteiger partial charge in [-0.25, -0.2) is 0 Å². The molecule has 1 aromatic rings. The Bertz CT molecular complexity index is 97.6. The van der Waals surface area contributed by atoms with Crippen LogP contribution < -0.4 is 0 Å². The minimum atomic E-state index is 0.750. The molecule has 1 aromatic heterocycles. The van der Waals surface area contributed by atoms with E-state index in [2.05, 4.69) is 20.6 Å². The van der Waals surface area contributed by atoms with Gasteiger partial charge in [0, 0.05) is 0 Å². The van der Waals surface area contributed by atoms with Gasteiger partial charge in [0.1, 0.15) is 6.29 Å². The Morgan fingerprint density at radius 2 is 2.38 bits per heavy atom. The molecule has 0 aromatic carbocycles. The molecule has 0 amide bonds. The molecule has 0 atom stereocenters. The fourth-order valence-electron chi connectivity index (χ4n) is 0.129. The first kappa shape index (κ1) is 6.74. The van der Waals surface area contributed by atoms with Crippen molar-refractivity contribution in [1.29, 1.82) is 0 Å². The molecule has 0 unspecified atom stereocenters. The van der Waals surface area contributed by atoms with Gasteiger partial charge in [0.2, 0.25) is 0 Å². The van der Waals surface area contributed by atoms with Gasteiger partial charge >= 0.3 is 0 Å². The standard InChI is InChI=1S/C2H4O.CH2N4/c1-2-3;1-2-4-5-3-1/h2H,1H3;1H,(H,2,3,4,5). The summed E-state index contributed by atoms with van der Waals surface area (Å²) < 4.78 is 0. The topological polar surface area (TPSA) is 71.5 Å². The fraction of sp³-hybridized carbons (Fsp3) is 0.333. The maximum atomic E-state index is 8.81. The molecule has 0 aliphatic carbocycles. The van der Waals surface area contributed by atoms with Crippen LogP contribution in [0.1, 0.15) is 6.92 Å². The minimum Gasteiger partial charge on any atom is -0.304 e. The van der Waals surface area contributed by atoms with Crippen molar-refractivity contribution in [3.63, 3.8) is 0 Å². The van der Waals surface area contributed by atoms with Gasteiger partial charge in [-0.05, 0) is 6.92 Å². The highest BCUT2D eigenvalue weighted by Gasteiger charge is 1.58. The van der Waals surface area contributed by atoms with E-state index in [9.17, 15) is 0 Å². The molecular formula is C3H6N4O. The number of tetrazole rings is 1. The van der Waals surface area contributed by atoms with Gasteiger partial charge in [0.05, 0.1) is 0 Å². The molecule has 1 rings (SSSR count). The van der Waals surface area contributed by atoms with Crippen LogP contribution in [0.3, 0.4) is 0 Å². The smallest absolute Gasteiger partial charge is 0.161 e. The highest BCUT2D eigenvalue weighted by molar-refractivity contribution is 5.44. The Hall–Kier alpha value is -1.26. The van der Waals surface area contributed by atoms with E-state index >= 15 is 0 Å². The van der Waals surface area contributed by atoms with E-state index < -0.39 is 0 Å². The van der Waals surface area contributed by atoms with Crippen molar-refractivity contribution in [2.45, 2.75) is 6.92 Å². The molecule has 0 saturated carbocycles. The molecule has 5 nitrogen and oxygen atoms in total. The van der Waals surface area contributed by atoms with Crippen molar-refractivity contribution in [3.05, 3.63) is 6.33 Å². The van der Waals surface area contributed by atoms with E-state index in [1.54, 1.807) is 0 Å². The van der Waals surface area contributed by atoms with Crippen LogP contribution in [0.25, 0.3) is 0 Å². The molecule has 44 valence electrons. The number of carbonyl (C=O) groups excluding carboxylic acids is 1. The van der Waals surface area contributed by atoms with Crippen molar-refractivity contribution < 1.29 is 4.79 Å². The number of aldehydes is 1. The molecule has 0 bridgehead atoms. The van der Waals surface area contributed by atoms with Crippen molar-refractivity contribution in [3.8, 4) is 0 Å². The molecule has 1 heterocycles. The summed E-state index contributed by atoms with van der Waals surface area (Å²) in [7, 11) is 0. The molecule has 8 heavy (non-hydrogen) atoms. The molecule has 0 radical (unpaired) electrons. The maximum Gasteiger partial charge on any atom is 0.161 e. The average molecular weight is 114 g/mol. The number of hydrogen-bond acceptors (Lipinski definition) is 4. The Kier molecular flexibility index (Phi) is 4.84. The summed E-state index contributed by atoms with van der Waals surface area (Å²) >= 11 is 0. The number of aromatic nitrogens is 4. The lowest BCUT2D eigenvalue weighted by Crippen LogP contribution is -1.64. The predicted octanol–water partition coefficient (Wildman–Crippen LogP) is -0.595. The number of hydrogen-bond donors (Lipinski definition) is 1. The summed E-state index contributed by atoms with van der Waals surface area (Å²) in [5.41, 5.74) is 0. The number of nitrogens with zero attached hydrogens (tertiary/aromatic N) is 3. The second kappa shape index (κ2) is 5.74. The fourth-order valence-corrected chi connectivity index (χ4v) is 0.129. The van der Waals surface area contributed by atoms with Crippen molar-refractivity contribution in [2.24, 2.45) is 0 Å². The van der Waals surface area contributed by atoms with E-state index in [4.69, 9.17) is 4.79 Å². The zero-order chi connectivity index (χ0) is 6.24. The van der Waals surface area contributed by atoms with Crippen molar-refractivity contribution in [2.75, 3.05) is 0 Å². The van der Waals surface area contributed by atoms with Gasteiger partial charge in [0.15, 0.2) is 6.33 Å². The van der Waals surface area contributed by atoms with Crippen molar-refractivity contribution >= 4 is 6.29 Å². The molecular weight excluding hydrogens is 108 g/mol. The SMILES string of the molecule is CC=O.c1nn[nH]n1. The monoisotopic (exact) mass is 114 g/mol. The predicted molar refractivity (Wildman–Crippen MR) is 25.9 cm³/mol. The summed E-state index contributed by atoms with van der Waals surface area (Å²) in [6, 6.07) is 0. The first-order valence-electron chi connectivity index (χ1n) is 1.98. The average Bonchev–Trinajstić information content (AvgIpc) is 2.17. The van der Waals surface area contributed by atoms with Crippen LogP contribution in [-0.4, -0.2) is 26.9 Å². The molecule has 0 saturated heterocycles. The van der Waals surface area contributed by atoms with E-state index in [1.807, 2.05) is 0 Å². The number of aromatic amines is 1. The first-order chi connectivity index (χ1) is 3.91. The molecule has 1 N–H and O–H groups in total. The van der Waals surface area contributed by atoms with Crippen molar-refractivity contribution in [1.82, 2.24) is 20.6 Å². The van der Waals surface area contributed by atoms with E-state index in [-0.39, 0.29) is 0 Å². The molecule has 5 heteroatoms. The summed E-state index contributed by atoms with van der Waals surface area (Å²) in [5, 5.41) is 12.2. The summed E-state index contributed by atoms with van der Waals surface area (Å²) in [6.45, 7) is 1.44. The van der Waals surface area contributed by atoms with Crippen LogP contribution in [-0.2, 0) is 4.79 Å². The first-order valence-corrected chi connectivity index (χ1v) is 1.98. The van der Waals surface area contributed by atoms with Gasteiger partial charge in [-0.1, -0.05) is 5.21 Å². The van der Waals surface area contributed by atoms with E-state index in [0.29, 0.717) is 0 Å². The summed E-state index contributed by atoms with van der Waals surface area (Å²) in [5.74, 6) is 0. The van der Waals surface area contributed by atoms with Crippen LogP contribution in [0.5, 0.6) is 0 Å². The summed E-state index contributed by atoms with van der Waals surface area (Å²) in [6.07, 6.45) is 2.08. The normalized spacial score (nSPS) is 6.62. The minimum absolute atomic E-state index is 0.750. The highest BCUT2D eigenvalue weighted by Crippen LogP contribution is 1.43. The Labute approximate surface area is 46.1 Å². The lowest BCUT2D eigenvalue weighted by Gasteiger charge is -1.44. The largest absolute Gasteiger partial charge is 0.304 e. The van der Waals surface area contributed by atoms with Gasteiger partial charge < -0.3 is 4.79 Å². The Morgan fingerprint density at radius 1 is 1.75 bits per heavy atom. The number of nitrogens with one attached hydrogen (secondary N) is 1. The lowest BCUT2D eigenvalue weighted by atomic mass is 11.0. The second-order valence-corrected chi connectivity index (χ2v) is 0.796. The second-order valence-electron chi connectivity index (χ2n) is 0.796. The Morgan fingerprint density at radius 3 is 2.50 bits per heavy atom. The van der Waals surface area contributed by atoms with Gasteiger partial charge in [-0.2, -0.15) is 5.21 Å². The molecule has 0 spiro atoms. The zero-order valence-corrected chi connectivity index (χ0v) is 4.40. The van der Waals surface area contributed by atoms with E-state index in [1.165, 1.54) is 13.3 Å². The van der Waals surface area contributed by atoms with Gasteiger partial charge in [-0.15, -0.1) is 10.2 Å². The molecule has 0 aliphatic heterocycles.